The lowest BCUT2D eigenvalue weighted by Gasteiger charge is -2.43. The number of rotatable bonds is 5. The van der Waals surface area contributed by atoms with Gasteiger partial charge in [-0.3, -0.25) is 0 Å². The number of aryl methyl sites for hydroxylation is 1. The monoisotopic (exact) mass is 365 g/mol. The van der Waals surface area contributed by atoms with Crippen molar-refractivity contribution < 1.29 is 9.47 Å². The summed E-state index contributed by atoms with van der Waals surface area (Å²) >= 11 is 1.61. The van der Waals surface area contributed by atoms with E-state index in [1.54, 1.807) is 11.8 Å². The molecule has 2 unspecified atom stereocenters. The van der Waals surface area contributed by atoms with Crippen LogP contribution in [0.2, 0.25) is 0 Å². The molecule has 0 aromatic carbocycles. The molecule has 0 bridgehead atoms. The molecule has 2 saturated heterocycles. The third-order valence-electron chi connectivity index (χ3n) is 5.22. The van der Waals surface area contributed by atoms with Gasteiger partial charge in [0.2, 0.25) is 0 Å². The Morgan fingerprint density at radius 3 is 2.84 bits per heavy atom. The van der Waals surface area contributed by atoms with Gasteiger partial charge in [0.05, 0.1) is 5.60 Å². The summed E-state index contributed by atoms with van der Waals surface area (Å²) in [6, 6.07) is 0. The third-order valence-corrected chi connectivity index (χ3v) is 5.77. The molecule has 5 nitrogen and oxygen atoms in total. The van der Waals surface area contributed by atoms with Crippen LogP contribution in [0.5, 0.6) is 0 Å². The quantitative estimate of drug-likeness (QED) is 0.581. The maximum atomic E-state index is 6.42. The van der Waals surface area contributed by atoms with Gasteiger partial charge in [-0.1, -0.05) is 18.7 Å². The molecule has 2 aliphatic rings. The molecule has 0 saturated carbocycles. The molecule has 1 aromatic rings. The van der Waals surface area contributed by atoms with Gasteiger partial charge in [0, 0.05) is 31.0 Å². The maximum Gasteiger partial charge on any atom is 0.189 e. The van der Waals surface area contributed by atoms with Crippen LogP contribution in [0.3, 0.4) is 0 Å². The number of thioether (sulfide) groups is 1. The number of nitrogens with zero attached hydrogens (tertiary/aromatic N) is 3. The lowest BCUT2D eigenvalue weighted by molar-refractivity contribution is -0.221. The Kier molecular flexibility index (Phi) is 6.23. The summed E-state index contributed by atoms with van der Waals surface area (Å²) in [7, 11) is 0. The standard InChI is InChI=1S/C19H31N3O2S/c1-5-15-14(2)20-18(25-4)21-17(15)22-11-8-10-19(3,13-22)24-16-9-6-7-12-23-16/h16H,5-13H2,1-4H3. The molecule has 0 N–H and O–H groups in total. The minimum absolute atomic E-state index is 0.0433. The average molecular weight is 366 g/mol. The number of aromatic nitrogens is 2. The van der Waals surface area contributed by atoms with Crippen LogP contribution in [0.4, 0.5) is 5.82 Å². The summed E-state index contributed by atoms with van der Waals surface area (Å²) in [4.78, 5) is 11.9. The highest BCUT2D eigenvalue weighted by Gasteiger charge is 2.36. The van der Waals surface area contributed by atoms with E-state index >= 15 is 0 Å². The molecule has 25 heavy (non-hydrogen) atoms. The van der Waals surface area contributed by atoms with Crippen molar-refractivity contribution in [2.24, 2.45) is 0 Å². The van der Waals surface area contributed by atoms with Crippen molar-refractivity contribution in [3.63, 3.8) is 0 Å². The first-order chi connectivity index (χ1) is 12.0. The molecule has 0 amide bonds. The number of ether oxygens (including phenoxy) is 2. The lowest BCUT2D eigenvalue weighted by atomic mass is 9.94. The Labute approximate surface area is 155 Å². The van der Waals surface area contributed by atoms with Crippen molar-refractivity contribution in [1.82, 2.24) is 9.97 Å². The molecule has 3 heterocycles. The van der Waals surface area contributed by atoms with Gasteiger partial charge in [-0.2, -0.15) is 0 Å². The number of hydrogen-bond donors (Lipinski definition) is 0. The molecule has 6 heteroatoms. The zero-order chi connectivity index (χ0) is 17.9. The van der Waals surface area contributed by atoms with Gasteiger partial charge in [-0.05, 0) is 58.6 Å². The molecule has 3 rings (SSSR count). The van der Waals surface area contributed by atoms with E-state index in [0.29, 0.717) is 0 Å². The second kappa shape index (κ2) is 8.23. The van der Waals surface area contributed by atoms with Crippen molar-refractivity contribution in [2.45, 2.75) is 76.3 Å². The highest BCUT2D eigenvalue weighted by molar-refractivity contribution is 7.98. The Hall–Kier alpha value is -0.850. The predicted octanol–water partition coefficient (Wildman–Crippen LogP) is 3.97. The molecule has 2 atom stereocenters. The van der Waals surface area contributed by atoms with Crippen molar-refractivity contribution in [2.75, 3.05) is 30.9 Å². The van der Waals surface area contributed by atoms with E-state index in [4.69, 9.17) is 14.5 Å². The van der Waals surface area contributed by atoms with Gasteiger partial charge in [0.1, 0.15) is 5.82 Å². The first-order valence-corrected chi connectivity index (χ1v) is 10.7. The lowest BCUT2D eigenvalue weighted by Crippen LogP contribution is -2.50. The van der Waals surface area contributed by atoms with Gasteiger partial charge < -0.3 is 14.4 Å². The topological polar surface area (TPSA) is 47.5 Å². The third kappa shape index (κ3) is 4.47. The smallest absolute Gasteiger partial charge is 0.189 e. The van der Waals surface area contributed by atoms with Crippen LogP contribution >= 0.6 is 11.8 Å². The van der Waals surface area contributed by atoms with Crippen LogP contribution in [-0.2, 0) is 15.9 Å². The van der Waals surface area contributed by atoms with E-state index in [-0.39, 0.29) is 11.9 Å². The largest absolute Gasteiger partial charge is 0.353 e. The van der Waals surface area contributed by atoms with Crippen LogP contribution in [-0.4, -0.2) is 47.8 Å². The molecule has 0 aliphatic carbocycles. The minimum Gasteiger partial charge on any atom is -0.353 e. The van der Waals surface area contributed by atoms with E-state index in [1.807, 2.05) is 6.26 Å². The fourth-order valence-electron chi connectivity index (χ4n) is 3.93. The van der Waals surface area contributed by atoms with Crippen LogP contribution < -0.4 is 4.90 Å². The summed E-state index contributed by atoms with van der Waals surface area (Å²) in [6.07, 6.45) is 8.50. The highest BCUT2D eigenvalue weighted by atomic mass is 32.2. The van der Waals surface area contributed by atoms with Crippen molar-refractivity contribution in [3.8, 4) is 0 Å². The first-order valence-electron chi connectivity index (χ1n) is 9.50. The normalized spacial score (nSPS) is 27.5. The van der Waals surface area contributed by atoms with Crippen LogP contribution in [0, 0.1) is 6.92 Å². The van der Waals surface area contributed by atoms with Crippen LogP contribution in [0.15, 0.2) is 5.16 Å². The summed E-state index contributed by atoms with van der Waals surface area (Å²) in [6.45, 7) is 9.23. The van der Waals surface area contributed by atoms with Gasteiger partial charge >= 0.3 is 0 Å². The molecular formula is C19H31N3O2S. The molecule has 0 spiro atoms. The fraction of sp³-hybridized carbons (Fsp3) is 0.789. The van der Waals surface area contributed by atoms with Crippen molar-refractivity contribution in [3.05, 3.63) is 11.3 Å². The number of anilines is 1. The summed E-state index contributed by atoms with van der Waals surface area (Å²) in [5, 5.41) is 0.855. The zero-order valence-electron chi connectivity index (χ0n) is 16.0. The SMILES string of the molecule is CCc1c(C)nc(SC)nc1N1CCCC(C)(OC2CCCCO2)C1. The molecule has 140 valence electrons. The Balaban J connectivity index is 1.79. The summed E-state index contributed by atoms with van der Waals surface area (Å²) in [5.74, 6) is 1.10. The highest BCUT2D eigenvalue weighted by Crippen LogP contribution is 2.33. The van der Waals surface area contributed by atoms with Gasteiger partial charge in [-0.15, -0.1) is 0 Å². The second-order valence-corrected chi connectivity index (χ2v) is 8.11. The summed E-state index contributed by atoms with van der Waals surface area (Å²) < 4.78 is 12.2. The second-order valence-electron chi connectivity index (χ2n) is 7.34. The maximum absolute atomic E-state index is 6.42. The van der Waals surface area contributed by atoms with E-state index in [1.165, 1.54) is 12.0 Å². The minimum atomic E-state index is -0.177. The van der Waals surface area contributed by atoms with E-state index in [0.717, 1.165) is 68.5 Å². The Morgan fingerprint density at radius 2 is 2.16 bits per heavy atom. The van der Waals surface area contributed by atoms with Crippen molar-refractivity contribution >= 4 is 17.6 Å². The predicted molar refractivity (Wildman–Crippen MR) is 102 cm³/mol. The number of hydrogen-bond acceptors (Lipinski definition) is 6. The molecule has 2 aliphatic heterocycles. The van der Waals surface area contributed by atoms with Crippen LogP contribution in [0.25, 0.3) is 0 Å². The van der Waals surface area contributed by atoms with Crippen molar-refractivity contribution in [1.29, 1.82) is 0 Å². The first kappa shape index (κ1) is 18.9. The van der Waals surface area contributed by atoms with Crippen LogP contribution in [0.1, 0.15) is 57.2 Å². The fourth-order valence-corrected chi connectivity index (χ4v) is 4.33. The molecule has 1 aromatic heterocycles. The van der Waals surface area contributed by atoms with Gasteiger partial charge in [0.25, 0.3) is 0 Å². The van der Waals surface area contributed by atoms with E-state index in [9.17, 15) is 0 Å². The Bertz CT molecular complexity index is 592. The van der Waals surface area contributed by atoms with E-state index in [2.05, 4.69) is 30.7 Å². The molecule has 2 fully saturated rings. The van der Waals surface area contributed by atoms with E-state index < -0.39 is 0 Å². The molecular weight excluding hydrogens is 334 g/mol. The molecule has 0 radical (unpaired) electrons. The summed E-state index contributed by atoms with van der Waals surface area (Å²) in [5.41, 5.74) is 2.18. The van der Waals surface area contributed by atoms with Gasteiger partial charge in [0.15, 0.2) is 11.4 Å². The van der Waals surface area contributed by atoms with Gasteiger partial charge in [-0.25, -0.2) is 9.97 Å². The Morgan fingerprint density at radius 1 is 1.32 bits per heavy atom. The number of piperidine rings is 1. The zero-order valence-corrected chi connectivity index (χ0v) is 16.8. The average Bonchev–Trinajstić information content (AvgIpc) is 2.61.